The lowest BCUT2D eigenvalue weighted by Gasteiger charge is -2.20. The number of rotatable bonds is 3. The summed E-state index contributed by atoms with van der Waals surface area (Å²) < 4.78 is 0. The van der Waals surface area contributed by atoms with Crippen molar-refractivity contribution in [3.63, 3.8) is 0 Å². The maximum Gasteiger partial charge on any atom is 0.0274 e. The molecule has 0 aromatic carbocycles. The Morgan fingerprint density at radius 1 is 1.50 bits per heavy atom. The highest BCUT2D eigenvalue weighted by atomic mass is 32.1. The largest absolute Gasteiger partial charge is 0.326 e. The number of thiophene rings is 1. The predicted octanol–water partition coefficient (Wildman–Crippen LogP) is 2.75. The molecule has 1 aliphatic rings. The second-order valence-electron chi connectivity index (χ2n) is 5.12. The first kappa shape index (κ1) is 12.1. The fourth-order valence-corrected chi connectivity index (χ4v) is 3.60. The Morgan fingerprint density at radius 3 is 2.75 bits per heavy atom. The highest BCUT2D eigenvalue weighted by Crippen LogP contribution is 2.28. The second-order valence-corrected chi connectivity index (χ2v) is 6.46. The van der Waals surface area contributed by atoms with Crippen molar-refractivity contribution in [2.45, 2.75) is 46.3 Å². The first-order valence-corrected chi connectivity index (χ1v) is 6.94. The van der Waals surface area contributed by atoms with Crippen LogP contribution >= 0.6 is 11.3 Å². The molecule has 2 rings (SSSR count). The molecular weight excluding hydrogens is 216 g/mol. The maximum absolute atomic E-state index is 5.69. The maximum atomic E-state index is 5.69. The van der Waals surface area contributed by atoms with E-state index in [1.165, 1.54) is 28.3 Å². The fraction of sp³-hybridized carbons (Fsp3) is 0.692. The first-order chi connectivity index (χ1) is 7.60. The molecule has 0 aliphatic carbocycles. The minimum absolute atomic E-state index is 0.678. The number of likely N-dealkylation sites (tertiary alicyclic amines) is 1. The van der Waals surface area contributed by atoms with Gasteiger partial charge in [0.05, 0.1) is 0 Å². The van der Waals surface area contributed by atoms with Crippen LogP contribution in [0.4, 0.5) is 0 Å². The van der Waals surface area contributed by atoms with Crippen LogP contribution in [-0.4, -0.2) is 17.5 Å². The molecule has 0 amide bonds. The SMILES string of the molecule is Cc1sc(CN)cc1CN1CC(C)CC1C. The molecule has 1 aliphatic heterocycles. The second kappa shape index (κ2) is 4.86. The van der Waals surface area contributed by atoms with Gasteiger partial charge in [-0.05, 0) is 37.8 Å². The van der Waals surface area contributed by atoms with Crippen LogP contribution in [0.3, 0.4) is 0 Å². The highest BCUT2D eigenvalue weighted by molar-refractivity contribution is 7.12. The van der Waals surface area contributed by atoms with Crippen LogP contribution in [0.15, 0.2) is 6.07 Å². The molecule has 90 valence electrons. The molecule has 1 aromatic rings. The van der Waals surface area contributed by atoms with E-state index in [2.05, 4.69) is 31.7 Å². The van der Waals surface area contributed by atoms with Crippen molar-refractivity contribution in [1.29, 1.82) is 0 Å². The molecule has 0 spiro atoms. The van der Waals surface area contributed by atoms with Gasteiger partial charge in [-0.15, -0.1) is 11.3 Å². The third-order valence-corrected chi connectivity index (χ3v) is 4.67. The topological polar surface area (TPSA) is 29.3 Å². The van der Waals surface area contributed by atoms with E-state index in [9.17, 15) is 0 Å². The zero-order chi connectivity index (χ0) is 11.7. The zero-order valence-electron chi connectivity index (χ0n) is 10.5. The summed E-state index contributed by atoms with van der Waals surface area (Å²) in [7, 11) is 0. The summed E-state index contributed by atoms with van der Waals surface area (Å²) in [6.07, 6.45) is 1.34. The molecule has 2 atom stereocenters. The van der Waals surface area contributed by atoms with E-state index in [0.29, 0.717) is 6.54 Å². The molecule has 0 saturated carbocycles. The van der Waals surface area contributed by atoms with Gasteiger partial charge >= 0.3 is 0 Å². The first-order valence-electron chi connectivity index (χ1n) is 6.12. The van der Waals surface area contributed by atoms with Gasteiger partial charge in [-0.1, -0.05) is 6.92 Å². The van der Waals surface area contributed by atoms with E-state index < -0.39 is 0 Å². The summed E-state index contributed by atoms with van der Waals surface area (Å²) in [4.78, 5) is 5.35. The lowest BCUT2D eigenvalue weighted by Crippen LogP contribution is -2.26. The van der Waals surface area contributed by atoms with Gasteiger partial charge in [0.2, 0.25) is 0 Å². The average molecular weight is 238 g/mol. The van der Waals surface area contributed by atoms with Crippen molar-refractivity contribution < 1.29 is 0 Å². The standard InChI is InChI=1S/C13H22N2S/c1-9-4-10(2)15(7-9)8-12-5-13(6-14)16-11(12)3/h5,9-10H,4,6-8,14H2,1-3H3. The van der Waals surface area contributed by atoms with Crippen LogP contribution in [0.1, 0.15) is 35.6 Å². The Kier molecular flexibility index (Phi) is 3.67. The van der Waals surface area contributed by atoms with Crippen LogP contribution in [0.2, 0.25) is 0 Å². The highest BCUT2D eigenvalue weighted by Gasteiger charge is 2.26. The molecule has 3 heteroatoms. The molecule has 0 radical (unpaired) electrons. The van der Waals surface area contributed by atoms with Gasteiger partial charge in [-0.2, -0.15) is 0 Å². The minimum Gasteiger partial charge on any atom is -0.326 e. The Morgan fingerprint density at radius 2 is 2.25 bits per heavy atom. The molecule has 2 unspecified atom stereocenters. The van der Waals surface area contributed by atoms with Crippen molar-refractivity contribution >= 4 is 11.3 Å². The van der Waals surface area contributed by atoms with E-state index in [1.54, 1.807) is 0 Å². The van der Waals surface area contributed by atoms with Gasteiger partial charge in [-0.3, -0.25) is 4.90 Å². The smallest absolute Gasteiger partial charge is 0.0274 e. The Bertz CT molecular complexity index is 359. The predicted molar refractivity (Wildman–Crippen MR) is 70.6 cm³/mol. The van der Waals surface area contributed by atoms with Crippen molar-refractivity contribution in [2.75, 3.05) is 6.54 Å². The Hall–Kier alpha value is -0.380. The van der Waals surface area contributed by atoms with Crippen LogP contribution < -0.4 is 5.73 Å². The summed E-state index contributed by atoms with van der Waals surface area (Å²) >= 11 is 1.85. The van der Waals surface area contributed by atoms with Crippen LogP contribution in [-0.2, 0) is 13.1 Å². The van der Waals surface area contributed by atoms with Gasteiger partial charge in [0.15, 0.2) is 0 Å². The lowest BCUT2D eigenvalue weighted by molar-refractivity contribution is 0.256. The van der Waals surface area contributed by atoms with Crippen LogP contribution in [0.5, 0.6) is 0 Å². The quantitative estimate of drug-likeness (QED) is 0.877. The van der Waals surface area contributed by atoms with Gasteiger partial charge in [-0.25, -0.2) is 0 Å². The van der Waals surface area contributed by atoms with Gasteiger partial charge in [0.1, 0.15) is 0 Å². The molecule has 1 fully saturated rings. The molecule has 2 nitrogen and oxygen atoms in total. The van der Waals surface area contributed by atoms with Crippen molar-refractivity contribution in [3.05, 3.63) is 21.4 Å². The summed E-state index contributed by atoms with van der Waals surface area (Å²) in [6.45, 7) is 9.93. The third-order valence-electron chi connectivity index (χ3n) is 3.56. The minimum atomic E-state index is 0.678. The monoisotopic (exact) mass is 238 g/mol. The molecule has 2 heterocycles. The fourth-order valence-electron chi connectivity index (χ4n) is 2.67. The van der Waals surface area contributed by atoms with Crippen molar-refractivity contribution in [2.24, 2.45) is 11.7 Å². The molecule has 1 aromatic heterocycles. The molecule has 2 N–H and O–H groups in total. The summed E-state index contributed by atoms with van der Waals surface area (Å²) in [6, 6.07) is 3.02. The Labute approximate surface area is 102 Å². The van der Waals surface area contributed by atoms with Gasteiger partial charge < -0.3 is 5.73 Å². The normalized spacial score (nSPS) is 26.5. The molecule has 16 heavy (non-hydrogen) atoms. The summed E-state index contributed by atoms with van der Waals surface area (Å²) in [5.74, 6) is 0.850. The average Bonchev–Trinajstić information content (AvgIpc) is 2.72. The number of nitrogens with two attached hydrogens (primary N) is 1. The van der Waals surface area contributed by atoms with E-state index in [1.807, 2.05) is 11.3 Å². The van der Waals surface area contributed by atoms with Crippen LogP contribution in [0, 0.1) is 12.8 Å². The van der Waals surface area contributed by atoms with E-state index in [-0.39, 0.29) is 0 Å². The Balaban J connectivity index is 2.05. The van der Waals surface area contributed by atoms with Gasteiger partial charge in [0, 0.05) is 35.4 Å². The number of hydrogen-bond acceptors (Lipinski definition) is 3. The van der Waals surface area contributed by atoms with Crippen molar-refractivity contribution in [3.8, 4) is 0 Å². The molecular formula is C13H22N2S. The van der Waals surface area contributed by atoms with Crippen LogP contribution in [0.25, 0.3) is 0 Å². The van der Waals surface area contributed by atoms with E-state index in [0.717, 1.165) is 18.5 Å². The third kappa shape index (κ3) is 2.47. The lowest BCUT2D eigenvalue weighted by atomic mass is 10.1. The summed E-state index contributed by atoms with van der Waals surface area (Å²) in [5, 5.41) is 0. The number of nitrogens with zero attached hydrogens (tertiary/aromatic N) is 1. The summed E-state index contributed by atoms with van der Waals surface area (Å²) in [5.41, 5.74) is 7.16. The van der Waals surface area contributed by atoms with Crippen molar-refractivity contribution in [1.82, 2.24) is 4.90 Å². The molecule has 0 bridgehead atoms. The number of aryl methyl sites for hydroxylation is 1. The number of hydrogen-bond donors (Lipinski definition) is 1. The zero-order valence-corrected chi connectivity index (χ0v) is 11.3. The van der Waals surface area contributed by atoms with Gasteiger partial charge in [0.25, 0.3) is 0 Å². The van der Waals surface area contributed by atoms with E-state index in [4.69, 9.17) is 5.73 Å². The van der Waals surface area contributed by atoms with E-state index >= 15 is 0 Å². The molecule has 1 saturated heterocycles.